The highest BCUT2D eigenvalue weighted by molar-refractivity contribution is 6.33. The van der Waals surface area contributed by atoms with Gasteiger partial charge in [0, 0.05) is 38.6 Å². The summed E-state index contributed by atoms with van der Waals surface area (Å²) in [5.74, 6) is 1.32. The Morgan fingerprint density at radius 3 is 2.89 bits per heavy atom. The van der Waals surface area contributed by atoms with E-state index in [-0.39, 0.29) is 12.5 Å². The molecule has 8 nitrogen and oxygen atoms in total. The number of methoxy groups -OCH3 is 1. The highest BCUT2D eigenvalue weighted by Gasteiger charge is 2.14. The molecule has 9 heteroatoms. The topological polar surface area (TPSA) is 98.3 Å². The van der Waals surface area contributed by atoms with Crippen LogP contribution in [0.1, 0.15) is 12.8 Å². The molecule has 1 aliphatic heterocycles. The van der Waals surface area contributed by atoms with Gasteiger partial charge in [-0.2, -0.15) is 0 Å². The second-order valence-electron chi connectivity index (χ2n) is 6.26. The van der Waals surface area contributed by atoms with Crippen LogP contribution in [0.2, 0.25) is 5.02 Å². The van der Waals surface area contributed by atoms with Crippen LogP contribution in [0.4, 0.5) is 11.6 Å². The fourth-order valence-electron chi connectivity index (χ4n) is 2.79. The lowest BCUT2D eigenvalue weighted by atomic mass is 10.0. The highest BCUT2D eigenvalue weighted by Crippen LogP contribution is 2.28. The lowest BCUT2D eigenvalue weighted by Crippen LogP contribution is -2.23. The molecule has 0 aliphatic carbocycles. The van der Waals surface area contributed by atoms with Gasteiger partial charge in [-0.05, 0) is 24.8 Å². The molecule has 0 atom stereocenters. The summed E-state index contributed by atoms with van der Waals surface area (Å²) in [6.45, 7) is 2.39. The van der Waals surface area contributed by atoms with Gasteiger partial charge in [0.15, 0.2) is 0 Å². The fraction of sp³-hybridized carbons (Fsp3) is 0.444. The van der Waals surface area contributed by atoms with Gasteiger partial charge in [0.05, 0.1) is 23.1 Å². The Hall–Kier alpha value is -2.29. The zero-order chi connectivity index (χ0) is 19.1. The van der Waals surface area contributed by atoms with E-state index in [1.807, 2.05) is 0 Å². The van der Waals surface area contributed by atoms with Crippen molar-refractivity contribution in [3.63, 3.8) is 0 Å². The molecule has 1 amide bonds. The second kappa shape index (κ2) is 9.59. The smallest absolute Gasteiger partial charge is 0.251 e. The van der Waals surface area contributed by atoms with Crippen LogP contribution >= 0.6 is 11.6 Å². The molecule has 1 aliphatic rings. The summed E-state index contributed by atoms with van der Waals surface area (Å²) in [6, 6.07) is 1.67. The SMILES string of the molecule is COCC(=O)Nc1cc(-c2cncc(NCC3CCOCC3)n2)c(Cl)cn1. The summed E-state index contributed by atoms with van der Waals surface area (Å²) in [6.07, 6.45) is 6.87. The van der Waals surface area contributed by atoms with Gasteiger partial charge in [-0.15, -0.1) is 0 Å². The number of amides is 1. The molecule has 1 fully saturated rings. The number of nitrogens with one attached hydrogen (secondary N) is 2. The largest absolute Gasteiger partial charge is 0.381 e. The first-order valence-corrected chi connectivity index (χ1v) is 9.12. The first-order chi connectivity index (χ1) is 13.2. The predicted octanol–water partition coefficient (Wildman–Crippen LogP) is 2.62. The number of hydrogen-bond donors (Lipinski definition) is 2. The molecular formula is C18H22ClN5O3. The number of aromatic nitrogens is 3. The number of halogens is 1. The van der Waals surface area contributed by atoms with Gasteiger partial charge in [-0.25, -0.2) is 9.97 Å². The Morgan fingerprint density at radius 1 is 1.30 bits per heavy atom. The summed E-state index contributed by atoms with van der Waals surface area (Å²) in [5.41, 5.74) is 1.24. The van der Waals surface area contributed by atoms with Crippen molar-refractivity contribution in [1.82, 2.24) is 15.0 Å². The third kappa shape index (κ3) is 5.59. The molecule has 0 aromatic carbocycles. The average Bonchev–Trinajstić information content (AvgIpc) is 2.69. The van der Waals surface area contributed by atoms with Crippen LogP contribution in [0, 0.1) is 5.92 Å². The quantitative estimate of drug-likeness (QED) is 0.748. The molecule has 3 rings (SSSR count). The molecule has 2 aromatic rings. The standard InChI is InChI=1S/C18H22ClN5O3/c1-26-11-18(25)24-16-6-13(14(19)8-22-16)15-9-20-10-17(23-15)21-7-12-2-4-27-5-3-12/h6,8-10,12H,2-5,7,11H2,1H3,(H,21,23)(H,22,24,25). The number of hydrogen-bond acceptors (Lipinski definition) is 7. The van der Waals surface area contributed by atoms with E-state index >= 15 is 0 Å². The summed E-state index contributed by atoms with van der Waals surface area (Å²) in [7, 11) is 1.45. The van der Waals surface area contributed by atoms with E-state index in [0.717, 1.165) is 32.6 Å². The van der Waals surface area contributed by atoms with E-state index in [4.69, 9.17) is 21.1 Å². The van der Waals surface area contributed by atoms with Crippen molar-refractivity contribution < 1.29 is 14.3 Å². The first-order valence-electron chi connectivity index (χ1n) is 8.74. The van der Waals surface area contributed by atoms with Gasteiger partial charge in [0.1, 0.15) is 18.2 Å². The third-order valence-electron chi connectivity index (χ3n) is 4.22. The maximum absolute atomic E-state index is 11.7. The van der Waals surface area contributed by atoms with E-state index < -0.39 is 0 Å². The number of carbonyl (C=O) groups is 1. The number of nitrogens with zero attached hydrogens (tertiary/aromatic N) is 3. The van der Waals surface area contributed by atoms with Gasteiger partial charge in [0.25, 0.3) is 5.91 Å². The Morgan fingerprint density at radius 2 is 2.11 bits per heavy atom. The van der Waals surface area contributed by atoms with Crippen molar-refractivity contribution in [1.29, 1.82) is 0 Å². The van der Waals surface area contributed by atoms with Crippen LogP contribution in [0.5, 0.6) is 0 Å². The van der Waals surface area contributed by atoms with Crippen molar-refractivity contribution in [3.8, 4) is 11.3 Å². The molecule has 0 saturated carbocycles. The predicted molar refractivity (Wildman–Crippen MR) is 103 cm³/mol. The molecular weight excluding hydrogens is 370 g/mol. The summed E-state index contributed by atoms with van der Waals surface area (Å²) in [4.78, 5) is 24.6. The minimum atomic E-state index is -0.295. The van der Waals surface area contributed by atoms with E-state index in [1.165, 1.54) is 13.3 Å². The highest BCUT2D eigenvalue weighted by atomic mass is 35.5. The van der Waals surface area contributed by atoms with Gasteiger partial charge >= 0.3 is 0 Å². The second-order valence-corrected chi connectivity index (χ2v) is 6.66. The van der Waals surface area contributed by atoms with E-state index in [1.54, 1.807) is 18.5 Å². The lowest BCUT2D eigenvalue weighted by Gasteiger charge is -2.22. The average molecular weight is 392 g/mol. The van der Waals surface area contributed by atoms with E-state index in [0.29, 0.717) is 33.8 Å². The Bertz CT molecular complexity index is 783. The van der Waals surface area contributed by atoms with E-state index in [2.05, 4.69) is 25.6 Å². The van der Waals surface area contributed by atoms with Crippen LogP contribution in [-0.4, -0.2) is 54.3 Å². The zero-order valence-electron chi connectivity index (χ0n) is 15.1. The van der Waals surface area contributed by atoms with Crippen molar-refractivity contribution in [2.75, 3.05) is 44.1 Å². The fourth-order valence-corrected chi connectivity index (χ4v) is 2.99. The van der Waals surface area contributed by atoms with E-state index in [9.17, 15) is 4.79 Å². The number of anilines is 2. The monoisotopic (exact) mass is 391 g/mol. The maximum atomic E-state index is 11.7. The zero-order valence-corrected chi connectivity index (χ0v) is 15.8. The summed E-state index contributed by atoms with van der Waals surface area (Å²) >= 11 is 6.28. The molecule has 0 spiro atoms. The number of ether oxygens (including phenoxy) is 2. The van der Waals surface area contributed by atoms with Crippen molar-refractivity contribution >= 4 is 29.1 Å². The molecule has 0 unspecified atom stereocenters. The Balaban J connectivity index is 1.72. The van der Waals surface area contributed by atoms with Gasteiger partial charge in [-0.1, -0.05) is 11.6 Å². The van der Waals surface area contributed by atoms with Crippen LogP contribution in [0.25, 0.3) is 11.3 Å². The molecule has 0 bridgehead atoms. The lowest BCUT2D eigenvalue weighted by molar-refractivity contribution is -0.119. The molecule has 2 aromatic heterocycles. The van der Waals surface area contributed by atoms with Crippen LogP contribution in [-0.2, 0) is 14.3 Å². The molecule has 27 heavy (non-hydrogen) atoms. The van der Waals surface area contributed by atoms with Gasteiger partial charge in [-0.3, -0.25) is 9.78 Å². The van der Waals surface area contributed by atoms with Crippen LogP contribution < -0.4 is 10.6 Å². The molecule has 144 valence electrons. The molecule has 3 heterocycles. The molecule has 2 N–H and O–H groups in total. The first kappa shape index (κ1) is 19.5. The van der Waals surface area contributed by atoms with Crippen molar-refractivity contribution in [2.45, 2.75) is 12.8 Å². The number of rotatable bonds is 7. The Kier molecular flexibility index (Phi) is 6.92. The van der Waals surface area contributed by atoms with Gasteiger partial charge < -0.3 is 20.1 Å². The molecule has 0 radical (unpaired) electrons. The van der Waals surface area contributed by atoms with Crippen LogP contribution in [0.15, 0.2) is 24.7 Å². The van der Waals surface area contributed by atoms with Crippen molar-refractivity contribution in [2.24, 2.45) is 5.92 Å². The summed E-state index contributed by atoms with van der Waals surface area (Å²) < 4.78 is 10.2. The minimum Gasteiger partial charge on any atom is -0.381 e. The van der Waals surface area contributed by atoms with Gasteiger partial charge in [0.2, 0.25) is 0 Å². The third-order valence-corrected chi connectivity index (χ3v) is 4.52. The minimum absolute atomic E-state index is 0.0505. The van der Waals surface area contributed by atoms with Crippen LogP contribution in [0.3, 0.4) is 0 Å². The Labute approximate surface area is 162 Å². The normalized spacial score (nSPS) is 14.7. The summed E-state index contributed by atoms with van der Waals surface area (Å²) in [5, 5.41) is 6.41. The number of pyridine rings is 1. The maximum Gasteiger partial charge on any atom is 0.251 e. The molecule has 1 saturated heterocycles. The van der Waals surface area contributed by atoms with Crippen molar-refractivity contribution in [3.05, 3.63) is 29.7 Å². The number of carbonyl (C=O) groups excluding carboxylic acids is 1.